The van der Waals surface area contributed by atoms with Crippen LogP contribution in [0.15, 0.2) is 18.2 Å². The molecule has 0 heterocycles. The van der Waals surface area contributed by atoms with Gasteiger partial charge in [0.25, 0.3) is 0 Å². The fourth-order valence-electron chi connectivity index (χ4n) is 1.53. The lowest BCUT2D eigenvalue weighted by atomic mass is 9.90. The van der Waals surface area contributed by atoms with Gasteiger partial charge in [0.15, 0.2) is 0 Å². The van der Waals surface area contributed by atoms with Crippen molar-refractivity contribution in [3.8, 4) is 6.07 Å². The second-order valence-electron chi connectivity index (χ2n) is 4.97. The number of halogens is 1. The van der Waals surface area contributed by atoms with Gasteiger partial charge in [-0.1, -0.05) is 11.6 Å². The summed E-state index contributed by atoms with van der Waals surface area (Å²) < 4.78 is 5.12. The Kier molecular flexibility index (Phi) is 5.20. The summed E-state index contributed by atoms with van der Waals surface area (Å²) in [4.78, 5) is 11.8. The first-order valence-electron chi connectivity index (χ1n) is 5.99. The first kappa shape index (κ1) is 15.3. The fourth-order valence-corrected chi connectivity index (χ4v) is 1.71. The SMILES string of the molecule is CC(C)(C#N)CCCOC(=O)c1ccc(Cl)cc1N. The molecule has 0 atom stereocenters. The molecule has 0 amide bonds. The van der Waals surface area contributed by atoms with Gasteiger partial charge in [0.1, 0.15) is 0 Å². The van der Waals surface area contributed by atoms with Gasteiger partial charge in [-0.25, -0.2) is 4.79 Å². The molecule has 0 unspecified atom stereocenters. The second-order valence-corrected chi connectivity index (χ2v) is 5.40. The number of nitrogens with zero attached hydrogens (tertiary/aromatic N) is 1. The molecule has 0 aliphatic carbocycles. The molecule has 0 aromatic heterocycles. The van der Waals surface area contributed by atoms with Gasteiger partial charge in [-0.2, -0.15) is 5.26 Å². The van der Waals surface area contributed by atoms with Crippen LogP contribution >= 0.6 is 11.6 Å². The Morgan fingerprint density at radius 1 is 1.53 bits per heavy atom. The molecule has 0 bridgehead atoms. The highest BCUT2D eigenvalue weighted by Crippen LogP contribution is 2.21. The molecule has 0 spiro atoms. The van der Waals surface area contributed by atoms with Crippen LogP contribution in [0.2, 0.25) is 5.02 Å². The van der Waals surface area contributed by atoms with Crippen molar-refractivity contribution in [1.82, 2.24) is 0 Å². The lowest BCUT2D eigenvalue weighted by Gasteiger charge is -2.14. The van der Waals surface area contributed by atoms with Gasteiger partial charge >= 0.3 is 5.97 Å². The predicted octanol–water partition coefficient (Wildman–Crippen LogP) is 3.41. The van der Waals surface area contributed by atoms with Gasteiger partial charge in [-0.3, -0.25) is 0 Å². The van der Waals surface area contributed by atoms with E-state index in [4.69, 9.17) is 27.3 Å². The number of benzene rings is 1. The quantitative estimate of drug-likeness (QED) is 0.509. The van der Waals surface area contributed by atoms with E-state index in [1.165, 1.54) is 6.07 Å². The van der Waals surface area contributed by atoms with E-state index in [2.05, 4.69) is 6.07 Å². The number of anilines is 1. The average Bonchev–Trinajstić information content (AvgIpc) is 2.34. The smallest absolute Gasteiger partial charge is 0.340 e. The van der Waals surface area contributed by atoms with Crippen LogP contribution in [-0.4, -0.2) is 12.6 Å². The van der Waals surface area contributed by atoms with E-state index in [1.54, 1.807) is 12.1 Å². The Hall–Kier alpha value is -1.73. The van der Waals surface area contributed by atoms with Gasteiger partial charge in [0.2, 0.25) is 0 Å². The summed E-state index contributed by atoms with van der Waals surface area (Å²) in [5.41, 5.74) is 5.90. The number of nitrogens with two attached hydrogens (primary N) is 1. The van der Waals surface area contributed by atoms with Crippen molar-refractivity contribution in [1.29, 1.82) is 5.26 Å². The van der Waals surface area contributed by atoms with Gasteiger partial charge in [0, 0.05) is 10.7 Å². The number of carbonyl (C=O) groups is 1. The summed E-state index contributed by atoms with van der Waals surface area (Å²) in [5.74, 6) is -0.469. The molecule has 0 radical (unpaired) electrons. The van der Waals surface area contributed by atoms with Gasteiger partial charge in [-0.15, -0.1) is 0 Å². The van der Waals surface area contributed by atoms with Crippen LogP contribution in [0.3, 0.4) is 0 Å². The van der Waals surface area contributed by atoms with Crippen molar-refractivity contribution in [2.45, 2.75) is 26.7 Å². The molecular formula is C14H17ClN2O2. The van der Waals surface area contributed by atoms with E-state index in [0.29, 0.717) is 29.1 Å². The van der Waals surface area contributed by atoms with Crippen LogP contribution in [-0.2, 0) is 4.74 Å². The molecule has 2 N–H and O–H groups in total. The van der Waals surface area contributed by atoms with Gasteiger partial charge < -0.3 is 10.5 Å². The van der Waals surface area contributed by atoms with E-state index in [-0.39, 0.29) is 6.61 Å². The van der Waals surface area contributed by atoms with Crippen LogP contribution in [0, 0.1) is 16.7 Å². The molecule has 5 heteroatoms. The third kappa shape index (κ3) is 4.80. The number of nitriles is 1. The number of carbonyl (C=O) groups excluding carboxylic acids is 1. The van der Waals surface area contributed by atoms with E-state index >= 15 is 0 Å². The van der Waals surface area contributed by atoms with Crippen molar-refractivity contribution in [2.75, 3.05) is 12.3 Å². The van der Waals surface area contributed by atoms with Crippen molar-refractivity contribution in [3.05, 3.63) is 28.8 Å². The molecule has 1 aromatic carbocycles. The Morgan fingerprint density at radius 2 is 2.21 bits per heavy atom. The van der Waals surface area contributed by atoms with Crippen LogP contribution in [0.5, 0.6) is 0 Å². The van der Waals surface area contributed by atoms with Crippen LogP contribution in [0.4, 0.5) is 5.69 Å². The highest BCUT2D eigenvalue weighted by Gasteiger charge is 2.17. The Bertz CT molecular complexity index is 507. The second kappa shape index (κ2) is 6.44. The van der Waals surface area contributed by atoms with Crippen molar-refractivity contribution in [2.24, 2.45) is 5.41 Å². The Balaban J connectivity index is 2.46. The predicted molar refractivity (Wildman–Crippen MR) is 74.8 cm³/mol. The number of rotatable bonds is 5. The number of ether oxygens (including phenoxy) is 1. The van der Waals surface area contributed by atoms with Crippen LogP contribution < -0.4 is 5.73 Å². The molecule has 0 fully saturated rings. The lowest BCUT2D eigenvalue weighted by molar-refractivity contribution is 0.0492. The summed E-state index contributed by atoms with van der Waals surface area (Å²) in [7, 11) is 0. The number of hydrogen-bond acceptors (Lipinski definition) is 4. The number of hydrogen-bond donors (Lipinski definition) is 1. The summed E-state index contributed by atoms with van der Waals surface area (Å²) in [6, 6.07) is 6.84. The van der Waals surface area contributed by atoms with E-state index < -0.39 is 11.4 Å². The molecule has 0 saturated carbocycles. The minimum Gasteiger partial charge on any atom is -0.462 e. The van der Waals surface area contributed by atoms with E-state index in [0.717, 1.165) is 0 Å². The van der Waals surface area contributed by atoms with Crippen molar-refractivity contribution in [3.63, 3.8) is 0 Å². The molecule has 0 saturated heterocycles. The zero-order valence-corrected chi connectivity index (χ0v) is 11.8. The van der Waals surface area contributed by atoms with Crippen molar-refractivity contribution < 1.29 is 9.53 Å². The van der Waals surface area contributed by atoms with Crippen molar-refractivity contribution >= 4 is 23.3 Å². The normalized spacial score (nSPS) is 10.8. The highest BCUT2D eigenvalue weighted by molar-refractivity contribution is 6.31. The summed E-state index contributed by atoms with van der Waals surface area (Å²) in [5, 5.41) is 9.33. The van der Waals surface area contributed by atoms with Crippen LogP contribution in [0.1, 0.15) is 37.0 Å². The monoisotopic (exact) mass is 280 g/mol. The minimum atomic E-state index is -0.469. The molecule has 102 valence electrons. The largest absolute Gasteiger partial charge is 0.462 e. The topological polar surface area (TPSA) is 76.1 Å². The maximum Gasteiger partial charge on any atom is 0.340 e. The first-order chi connectivity index (χ1) is 8.85. The van der Waals surface area contributed by atoms with Gasteiger partial charge in [-0.05, 0) is 44.9 Å². The first-order valence-corrected chi connectivity index (χ1v) is 6.37. The molecule has 0 aliphatic heterocycles. The minimum absolute atomic E-state index is 0.270. The van der Waals surface area contributed by atoms with Gasteiger partial charge in [0.05, 0.1) is 23.7 Å². The molecule has 1 aromatic rings. The zero-order chi connectivity index (χ0) is 14.5. The summed E-state index contributed by atoms with van der Waals surface area (Å²) in [6.45, 7) is 3.98. The number of nitrogen functional groups attached to an aromatic ring is 1. The standard InChI is InChI=1S/C14H17ClN2O2/c1-14(2,9-16)6-3-7-19-13(18)11-5-4-10(15)8-12(11)17/h4-5,8H,3,6-7,17H2,1-2H3. The number of esters is 1. The average molecular weight is 281 g/mol. The summed E-state index contributed by atoms with van der Waals surface area (Å²) in [6.07, 6.45) is 1.31. The molecule has 1 rings (SSSR count). The molecular weight excluding hydrogens is 264 g/mol. The fraction of sp³-hybridized carbons (Fsp3) is 0.429. The van der Waals surface area contributed by atoms with E-state index in [1.807, 2.05) is 13.8 Å². The summed E-state index contributed by atoms with van der Waals surface area (Å²) >= 11 is 5.75. The molecule has 4 nitrogen and oxygen atoms in total. The van der Waals surface area contributed by atoms with E-state index in [9.17, 15) is 4.79 Å². The maximum absolute atomic E-state index is 11.8. The van der Waals surface area contributed by atoms with Crippen LogP contribution in [0.25, 0.3) is 0 Å². The zero-order valence-electron chi connectivity index (χ0n) is 11.1. The third-order valence-corrected chi connectivity index (χ3v) is 2.95. The maximum atomic E-state index is 11.8. The Labute approximate surface area is 118 Å². The third-order valence-electron chi connectivity index (χ3n) is 2.72. The molecule has 19 heavy (non-hydrogen) atoms. The highest BCUT2D eigenvalue weighted by atomic mass is 35.5. The molecule has 0 aliphatic rings. The lowest BCUT2D eigenvalue weighted by Crippen LogP contribution is -2.12. The Morgan fingerprint density at radius 3 is 2.79 bits per heavy atom.